The quantitative estimate of drug-likeness (QED) is 0.0755. The lowest BCUT2D eigenvalue weighted by atomic mass is 10.1. The lowest BCUT2D eigenvalue weighted by molar-refractivity contribution is -0.766. The van der Waals surface area contributed by atoms with Gasteiger partial charge in [-0.25, -0.2) is 24.1 Å². The van der Waals surface area contributed by atoms with Gasteiger partial charge in [-0.15, -0.1) is 0 Å². The zero-order chi connectivity index (χ0) is 32.8. The molecule has 10 N–H and O–H groups in total. The minimum absolute atomic E-state index is 0.0506. The molecule has 3 aromatic heterocycles. The highest BCUT2D eigenvalue weighted by molar-refractivity contribution is 7.61. The minimum Gasteiger partial charge on any atom is -0.387 e. The molecule has 0 saturated carbocycles. The van der Waals surface area contributed by atoms with Crippen molar-refractivity contribution in [2.45, 2.75) is 56.0 Å². The molecular formula is C22H30N7O14P2+. The molecule has 1 amide bonds. The van der Waals surface area contributed by atoms with Crippen LogP contribution in [-0.4, -0.2) is 105 Å². The van der Waals surface area contributed by atoms with Gasteiger partial charge in [0.25, 0.3) is 12.1 Å². The number of amides is 1. The SMILES string of the molecule is Cc1cc(C(N)=O)c[n+]([C@@H]2O[C@H](COP(=O)(O)OP(=O)(O)OC[C@H]3O[C@@H](n4cnc5c(N)ncnc54)[C@H](O)[C@@H]3O)[C@@H](O)[C@H]2O)c1. The molecule has 2 unspecified atom stereocenters. The molecule has 5 rings (SSSR count). The molecule has 23 heteroatoms. The van der Waals surface area contributed by atoms with Crippen LogP contribution in [0.1, 0.15) is 28.4 Å². The lowest BCUT2D eigenvalue weighted by Gasteiger charge is -2.20. The van der Waals surface area contributed by atoms with Gasteiger partial charge in [0.05, 0.1) is 19.5 Å². The summed E-state index contributed by atoms with van der Waals surface area (Å²) in [5, 5.41) is 41.8. The van der Waals surface area contributed by atoms with Gasteiger partial charge in [-0.2, -0.15) is 8.88 Å². The van der Waals surface area contributed by atoms with Crippen LogP contribution in [0.25, 0.3) is 11.2 Å². The van der Waals surface area contributed by atoms with Crippen molar-refractivity contribution in [1.29, 1.82) is 0 Å². The Morgan fingerprint density at radius 1 is 0.978 bits per heavy atom. The smallest absolute Gasteiger partial charge is 0.387 e. The Balaban J connectivity index is 1.17. The first-order chi connectivity index (χ1) is 21.1. The van der Waals surface area contributed by atoms with E-state index in [2.05, 4.69) is 19.3 Å². The second-order valence-electron chi connectivity index (χ2n) is 10.2. The van der Waals surface area contributed by atoms with E-state index in [4.69, 9.17) is 30.0 Å². The predicted octanol–water partition coefficient (Wildman–Crippen LogP) is -2.71. The first-order valence-electron chi connectivity index (χ1n) is 13.0. The van der Waals surface area contributed by atoms with Gasteiger partial charge in [0.15, 0.2) is 36.2 Å². The van der Waals surface area contributed by atoms with Crippen molar-refractivity contribution in [3.8, 4) is 0 Å². The monoisotopic (exact) mass is 678 g/mol. The number of anilines is 1. The number of aliphatic hydroxyl groups is 4. The van der Waals surface area contributed by atoms with Crippen molar-refractivity contribution in [2.24, 2.45) is 5.73 Å². The zero-order valence-electron chi connectivity index (χ0n) is 23.2. The van der Waals surface area contributed by atoms with E-state index in [9.17, 15) is 44.1 Å². The van der Waals surface area contributed by atoms with Crippen LogP contribution in [0.15, 0.2) is 31.1 Å². The molecule has 5 heterocycles. The number of nitrogen functional groups attached to an aromatic ring is 1. The third-order valence-electron chi connectivity index (χ3n) is 6.95. The minimum atomic E-state index is -5.38. The number of carbonyl (C=O) groups excluding carboxylic acids is 1. The number of hydrogen-bond acceptors (Lipinski definition) is 16. The summed E-state index contributed by atoms with van der Waals surface area (Å²) in [6.07, 6.45) is -6.76. The van der Waals surface area contributed by atoms with E-state index in [0.717, 1.165) is 6.33 Å². The van der Waals surface area contributed by atoms with Gasteiger partial charge in [-0.3, -0.25) is 18.4 Å². The second kappa shape index (κ2) is 12.6. The van der Waals surface area contributed by atoms with Crippen LogP contribution in [-0.2, 0) is 32.0 Å². The highest BCUT2D eigenvalue weighted by atomic mass is 31.3. The van der Waals surface area contributed by atoms with Crippen LogP contribution in [0.4, 0.5) is 5.82 Å². The normalized spacial score (nSPS) is 31.2. The summed E-state index contributed by atoms with van der Waals surface area (Å²) in [5.74, 6) is -0.707. The number of nitrogens with two attached hydrogens (primary N) is 2. The number of carbonyl (C=O) groups is 1. The number of fused-ring (bicyclic) bond motifs is 1. The number of aliphatic hydroxyl groups excluding tert-OH is 4. The molecule has 246 valence electrons. The van der Waals surface area contributed by atoms with Crippen LogP contribution in [0.2, 0.25) is 0 Å². The van der Waals surface area contributed by atoms with Crippen molar-refractivity contribution < 1.29 is 71.5 Å². The summed E-state index contributed by atoms with van der Waals surface area (Å²) < 4.78 is 52.2. The Hall–Kier alpha value is -3.01. The molecule has 0 radical (unpaired) electrons. The number of rotatable bonds is 11. The summed E-state index contributed by atoms with van der Waals surface area (Å²) in [4.78, 5) is 43.5. The molecule has 2 fully saturated rings. The summed E-state index contributed by atoms with van der Waals surface area (Å²) in [7, 11) is -10.8. The zero-order valence-corrected chi connectivity index (χ0v) is 24.9. The number of aromatic nitrogens is 5. The molecule has 2 aliphatic rings. The number of primary amides is 1. The fourth-order valence-electron chi connectivity index (χ4n) is 4.81. The molecule has 10 atom stereocenters. The standard InChI is InChI=1S/C22H29N7O14P2/c1-9-2-10(19(24)34)4-28(3-9)21-16(32)14(30)11(41-21)5-39-44(35,36)43-45(37,38)40-6-12-15(31)17(33)22(42-12)29-8-27-13-18(23)25-7-26-20(13)29/h2-4,7-8,11-12,14-17,21-22,30-33H,5-6H2,1H3,(H5-,23,24,25,26,34,35,36,37,38)/p+1/t11-,12-,14-,15-,16-,17-,21-,22-/m1/s1. The van der Waals surface area contributed by atoms with Gasteiger partial charge in [0.2, 0.25) is 0 Å². The summed E-state index contributed by atoms with van der Waals surface area (Å²) in [6, 6.07) is 1.49. The fourth-order valence-corrected chi connectivity index (χ4v) is 6.90. The van der Waals surface area contributed by atoms with E-state index in [0.29, 0.717) is 5.56 Å². The van der Waals surface area contributed by atoms with Gasteiger partial charge in [0, 0.05) is 5.56 Å². The molecule has 45 heavy (non-hydrogen) atoms. The average molecular weight is 678 g/mol. The largest absolute Gasteiger partial charge is 0.481 e. The molecule has 0 aliphatic carbocycles. The first kappa shape index (κ1) is 33.4. The Morgan fingerprint density at radius 3 is 2.24 bits per heavy atom. The Morgan fingerprint density at radius 2 is 1.60 bits per heavy atom. The van der Waals surface area contributed by atoms with Crippen molar-refractivity contribution in [3.63, 3.8) is 0 Å². The van der Waals surface area contributed by atoms with Crippen LogP contribution >= 0.6 is 15.6 Å². The number of aryl methyl sites for hydroxylation is 1. The predicted molar refractivity (Wildman–Crippen MR) is 144 cm³/mol. The summed E-state index contributed by atoms with van der Waals surface area (Å²) in [5.41, 5.74) is 12.1. The molecule has 2 saturated heterocycles. The third-order valence-corrected chi connectivity index (χ3v) is 9.55. The lowest BCUT2D eigenvalue weighted by Crippen LogP contribution is -2.46. The third kappa shape index (κ3) is 7.05. The van der Waals surface area contributed by atoms with Gasteiger partial charge in [0.1, 0.15) is 47.9 Å². The molecular weight excluding hydrogens is 648 g/mol. The van der Waals surface area contributed by atoms with Crippen LogP contribution in [0.3, 0.4) is 0 Å². The molecule has 21 nitrogen and oxygen atoms in total. The van der Waals surface area contributed by atoms with E-state index in [1.165, 1.54) is 33.9 Å². The highest BCUT2D eigenvalue weighted by Gasteiger charge is 2.50. The van der Waals surface area contributed by atoms with Crippen LogP contribution < -0.4 is 16.0 Å². The summed E-state index contributed by atoms with van der Waals surface area (Å²) in [6.45, 7) is -0.155. The number of ether oxygens (including phenoxy) is 2. The van der Waals surface area contributed by atoms with Crippen molar-refractivity contribution >= 4 is 38.5 Å². The second-order valence-corrected chi connectivity index (χ2v) is 13.2. The van der Waals surface area contributed by atoms with Crippen molar-refractivity contribution in [2.75, 3.05) is 18.9 Å². The van der Waals surface area contributed by atoms with Crippen molar-refractivity contribution in [1.82, 2.24) is 19.5 Å². The molecule has 0 spiro atoms. The number of phosphoric ester groups is 2. The van der Waals surface area contributed by atoms with E-state index >= 15 is 0 Å². The van der Waals surface area contributed by atoms with Crippen LogP contribution in [0, 0.1) is 6.92 Å². The van der Waals surface area contributed by atoms with Gasteiger partial charge in [-0.05, 0) is 13.0 Å². The maximum Gasteiger partial charge on any atom is 0.481 e. The topological polar surface area (TPSA) is 318 Å². The number of nitrogens with zero attached hydrogens (tertiary/aromatic N) is 5. The number of imidazole rings is 1. The number of pyridine rings is 1. The fraction of sp³-hybridized carbons (Fsp3) is 0.500. The summed E-state index contributed by atoms with van der Waals surface area (Å²) >= 11 is 0. The first-order valence-corrected chi connectivity index (χ1v) is 16.0. The number of hydrogen-bond donors (Lipinski definition) is 8. The van der Waals surface area contributed by atoms with E-state index in [1.54, 1.807) is 6.92 Å². The highest BCUT2D eigenvalue weighted by Crippen LogP contribution is 2.60. The van der Waals surface area contributed by atoms with Gasteiger partial charge in [-0.1, -0.05) is 0 Å². The Kier molecular flexibility index (Phi) is 9.38. The maximum absolute atomic E-state index is 12.5. The van der Waals surface area contributed by atoms with Crippen molar-refractivity contribution in [3.05, 3.63) is 42.2 Å². The van der Waals surface area contributed by atoms with Gasteiger partial charge < -0.3 is 51.2 Å². The van der Waals surface area contributed by atoms with E-state index in [1.807, 2.05) is 0 Å². The average Bonchev–Trinajstić information content (AvgIpc) is 3.60. The molecule has 3 aromatic rings. The molecule has 2 aliphatic heterocycles. The number of phosphoric acid groups is 2. The molecule has 0 aromatic carbocycles. The Labute approximate surface area is 252 Å². The van der Waals surface area contributed by atoms with Crippen LogP contribution in [0.5, 0.6) is 0 Å². The maximum atomic E-state index is 12.5. The Bertz CT molecular complexity index is 1680. The van der Waals surface area contributed by atoms with E-state index < -0.39 is 83.8 Å². The molecule has 0 bridgehead atoms. The van der Waals surface area contributed by atoms with E-state index in [-0.39, 0.29) is 22.5 Å². The van der Waals surface area contributed by atoms with Gasteiger partial charge >= 0.3 is 15.6 Å².